The molecule has 0 spiro atoms. The van der Waals surface area contributed by atoms with Crippen LogP contribution in [-0.2, 0) is 6.54 Å². The predicted molar refractivity (Wildman–Crippen MR) is 79.2 cm³/mol. The summed E-state index contributed by atoms with van der Waals surface area (Å²) in [5.41, 5.74) is 1.43. The first-order valence-electron chi connectivity index (χ1n) is 6.33. The standard InChI is InChI=1S/C14H18Cl2N2O/c1-17(2)11-3-4-18(7-11)8-12-13(15)5-10(9-19)6-14(12)16/h5-6,9,11H,3-4,7-8H2,1-2H3/t11-/m0/s1. The van der Waals surface area contributed by atoms with E-state index in [1.165, 1.54) is 0 Å². The molecule has 3 nitrogen and oxygen atoms in total. The third kappa shape index (κ3) is 3.48. The fourth-order valence-corrected chi connectivity index (χ4v) is 3.07. The minimum Gasteiger partial charge on any atom is -0.305 e. The lowest BCUT2D eigenvalue weighted by molar-refractivity contribution is 0.112. The SMILES string of the molecule is CN(C)[C@H]1CCN(Cc2c(Cl)cc(C=O)cc2Cl)C1. The molecule has 1 atom stereocenters. The Balaban J connectivity index is 2.10. The maximum Gasteiger partial charge on any atom is 0.150 e. The van der Waals surface area contributed by atoms with Gasteiger partial charge in [0.2, 0.25) is 0 Å². The molecule has 1 aromatic rings. The smallest absolute Gasteiger partial charge is 0.150 e. The summed E-state index contributed by atoms with van der Waals surface area (Å²) >= 11 is 12.4. The molecular formula is C14H18Cl2N2O. The first-order chi connectivity index (χ1) is 9.01. The van der Waals surface area contributed by atoms with Gasteiger partial charge in [-0.25, -0.2) is 0 Å². The zero-order chi connectivity index (χ0) is 14.0. The third-order valence-electron chi connectivity index (χ3n) is 3.66. The summed E-state index contributed by atoms with van der Waals surface area (Å²) in [5.74, 6) is 0. The van der Waals surface area contributed by atoms with Crippen LogP contribution in [0, 0.1) is 0 Å². The fourth-order valence-electron chi connectivity index (χ4n) is 2.44. The maximum atomic E-state index is 10.8. The second-order valence-electron chi connectivity index (χ2n) is 5.22. The zero-order valence-corrected chi connectivity index (χ0v) is 12.7. The van der Waals surface area contributed by atoms with E-state index in [9.17, 15) is 4.79 Å². The highest BCUT2D eigenvalue weighted by molar-refractivity contribution is 6.36. The average molecular weight is 301 g/mol. The van der Waals surface area contributed by atoms with Crippen LogP contribution < -0.4 is 0 Å². The predicted octanol–water partition coefficient (Wildman–Crippen LogP) is 2.94. The van der Waals surface area contributed by atoms with E-state index in [2.05, 4.69) is 23.9 Å². The average Bonchev–Trinajstić information content (AvgIpc) is 2.82. The molecule has 2 rings (SSSR count). The number of hydrogen-bond acceptors (Lipinski definition) is 3. The van der Waals surface area contributed by atoms with Crippen molar-refractivity contribution in [2.24, 2.45) is 0 Å². The second kappa shape index (κ2) is 6.23. The molecule has 19 heavy (non-hydrogen) atoms. The largest absolute Gasteiger partial charge is 0.305 e. The summed E-state index contributed by atoms with van der Waals surface area (Å²) < 4.78 is 0. The minimum absolute atomic E-state index is 0.520. The van der Waals surface area contributed by atoms with Crippen molar-refractivity contribution in [3.63, 3.8) is 0 Å². The number of carbonyl (C=O) groups is 1. The number of benzene rings is 1. The molecule has 0 aliphatic carbocycles. The van der Waals surface area contributed by atoms with E-state index >= 15 is 0 Å². The van der Waals surface area contributed by atoms with E-state index in [0.717, 1.165) is 37.9 Å². The van der Waals surface area contributed by atoms with Gasteiger partial charge in [-0.1, -0.05) is 23.2 Å². The van der Waals surface area contributed by atoms with E-state index in [-0.39, 0.29) is 0 Å². The van der Waals surface area contributed by atoms with Crippen molar-refractivity contribution in [1.29, 1.82) is 0 Å². The Bertz CT molecular complexity index is 454. The van der Waals surface area contributed by atoms with Gasteiger partial charge < -0.3 is 4.90 Å². The van der Waals surface area contributed by atoms with Gasteiger partial charge in [0.15, 0.2) is 0 Å². The third-order valence-corrected chi connectivity index (χ3v) is 4.33. The summed E-state index contributed by atoms with van der Waals surface area (Å²) in [5, 5.41) is 1.14. The van der Waals surface area contributed by atoms with Gasteiger partial charge in [-0.3, -0.25) is 9.69 Å². The van der Waals surface area contributed by atoms with Gasteiger partial charge in [0.1, 0.15) is 6.29 Å². The molecule has 0 saturated carbocycles. The Kier molecular flexibility index (Phi) is 4.85. The number of carbonyl (C=O) groups excluding carboxylic acids is 1. The molecule has 1 fully saturated rings. The molecule has 5 heteroatoms. The maximum absolute atomic E-state index is 10.8. The first kappa shape index (κ1) is 14.8. The molecule has 0 unspecified atom stereocenters. The van der Waals surface area contributed by atoms with Crippen LogP contribution >= 0.6 is 23.2 Å². The van der Waals surface area contributed by atoms with Gasteiger partial charge >= 0.3 is 0 Å². The molecule has 0 N–H and O–H groups in total. The number of likely N-dealkylation sites (N-methyl/N-ethyl adjacent to an activating group) is 1. The van der Waals surface area contributed by atoms with Gasteiger partial charge in [-0.15, -0.1) is 0 Å². The van der Waals surface area contributed by atoms with Crippen molar-refractivity contribution in [1.82, 2.24) is 9.80 Å². The lowest BCUT2D eigenvalue weighted by atomic mass is 10.1. The van der Waals surface area contributed by atoms with E-state index < -0.39 is 0 Å². The molecule has 0 aromatic heterocycles. The Morgan fingerprint density at radius 1 is 1.37 bits per heavy atom. The summed E-state index contributed by atoms with van der Waals surface area (Å²) in [7, 11) is 4.21. The van der Waals surface area contributed by atoms with Crippen LogP contribution in [0.15, 0.2) is 12.1 Å². The molecule has 1 saturated heterocycles. The highest BCUT2D eigenvalue weighted by atomic mass is 35.5. The molecule has 0 bridgehead atoms. The first-order valence-corrected chi connectivity index (χ1v) is 7.08. The molecule has 104 valence electrons. The van der Waals surface area contributed by atoms with Crippen molar-refractivity contribution in [3.8, 4) is 0 Å². The summed E-state index contributed by atoms with van der Waals surface area (Å²) in [6.45, 7) is 2.81. The van der Waals surface area contributed by atoms with Crippen LogP contribution in [0.3, 0.4) is 0 Å². The summed E-state index contributed by atoms with van der Waals surface area (Å²) in [6.07, 6.45) is 1.92. The van der Waals surface area contributed by atoms with Crippen LogP contribution in [0.1, 0.15) is 22.3 Å². The van der Waals surface area contributed by atoms with E-state index in [1.807, 2.05) is 0 Å². The normalized spacial score (nSPS) is 20.2. The molecule has 1 aromatic carbocycles. The highest BCUT2D eigenvalue weighted by Gasteiger charge is 2.25. The number of likely N-dealkylation sites (tertiary alicyclic amines) is 1. The molecule has 1 heterocycles. The van der Waals surface area contributed by atoms with Crippen molar-refractivity contribution in [2.75, 3.05) is 27.2 Å². The van der Waals surface area contributed by atoms with E-state index in [1.54, 1.807) is 12.1 Å². The quantitative estimate of drug-likeness (QED) is 0.799. The highest BCUT2D eigenvalue weighted by Crippen LogP contribution is 2.28. The molecule has 0 radical (unpaired) electrons. The zero-order valence-electron chi connectivity index (χ0n) is 11.2. The van der Waals surface area contributed by atoms with Crippen molar-refractivity contribution in [3.05, 3.63) is 33.3 Å². The van der Waals surface area contributed by atoms with E-state index in [4.69, 9.17) is 23.2 Å². The van der Waals surface area contributed by atoms with Gasteiger partial charge in [-0.05, 0) is 32.6 Å². The Morgan fingerprint density at radius 2 is 2.00 bits per heavy atom. The number of hydrogen-bond donors (Lipinski definition) is 0. The monoisotopic (exact) mass is 300 g/mol. The van der Waals surface area contributed by atoms with Crippen LogP contribution in [0.2, 0.25) is 10.0 Å². The lowest BCUT2D eigenvalue weighted by Gasteiger charge is -2.21. The second-order valence-corrected chi connectivity index (χ2v) is 6.04. The Labute approximate surface area is 124 Å². The molecule has 0 amide bonds. The lowest BCUT2D eigenvalue weighted by Crippen LogP contribution is -2.31. The van der Waals surface area contributed by atoms with Crippen LogP contribution in [0.4, 0.5) is 0 Å². The molecule has 1 aliphatic rings. The fraction of sp³-hybridized carbons (Fsp3) is 0.500. The minimum atomic E-state index is 0.520. The van der Waals surface area contributed by atoms with Gasteiger partial charge in [0, 0.05) is 46.8 Å². The van der Waals surface area contributed by atoms with Gasteiger partial charge in [0.25, 0.3) is 0 Å². The van der Waals surface area contributed by atoms with Gasteiger partial charge in [0.05, 0.1) is 0 Å². The summed E-state index contributed by atoms with van der Waals surface area (Å²) in [4.78, 5) is 15.3. The van der Waals surface area contributed by atoms with E-state index in [0.29, 0.717) is 21.7 Å². The molecule has 1 aliphatic heterocycles. The Hall–Kier alpha value is -0.610. The van der Waals surface area contributed by atoms with Crippen LogP contribution in [0.25, 0.3) is 0 Å². The number of nitrogens with zero attached hydrogens (tertiary/aromatic N) is 2. The van der Waals surface area contributed by atoms with Crippen molar-refractivity contribution < 1.29 is 4.79 Å². The van der Waals surface area contributed by atoms with Crippen LogP contribution in [0.5, 0.6) is 0 Å². The number of rotatable bonds is 4. The van der Waals surface area contributed by atoms with Crippen LogP contribution in [-0.4, -0.2) is 49.3 Å². The molecular weight excluding hydrogens is 283 g/mol. The van der Waals surface area contributed by atoms with Gasteiger partial charge in [-0.2, -0.15) is 0 Å². The topological polar surface area (TPSA) is 23.6 Å². The summed E-state index contributed by atoms with van der Waals surface area (Å²) in [6, 6.07) is 3.94. The number of halogens is 2. The van der Waals surface area contributed by atoms with Crippen molar-refractivity contribution >= 4 is 29.5 Å². The number of aldehydes is 1. The Morgan fingerprint density at radius 3 is 2.47 bits per heavy atom. The van der Waals surface area contributed by atoms with Crippen molar-refractivity contribution in [2.45, 2.75) is 19.0 Å².